The minimum atomic E-state index is 0.296. The van der Waals surface area contributed by atoms with Crippen LogP contribution >= 0.6 is 0 Å². The van der Waals surface area contributed by atoms with E-state index in [1.165, 1.54) is 6.42 Å². The lowest BCUT2D eigenvalue weighted by atomic mass is 10.1. The zero-order chi connectivity index (χ0) is 13.4. The topological polar surface area (TPSA) is 51.1 Å². The van der Waals surface area contributed by atoms with Crippen molar-refractivity contribution < 1.29 is 4.74 Å². The molecule has 2 aromatic rings. The highest BCUT2D eigenvalue weighted by Crippen LogP contribution is 2.40. The molecule has 4 rings (SSSR count). The van der Waals surface area contributed by atoms with E-state index in [-0.39, 0.29) is 0 Å². The zero-order valence-electron chi connectivity index (χ0n) is 11.1. The fraction of sp³-hybridized carbons (Fsp3) is 0.400. The molecule has 0 N–H and O–H groups in total. The van der Waals surface area contributed by atoms with Crippen LogP contribution in [-0.4, -0.2) is 33.6 Å². The first-order valence-electron chi connectivity index (χ1n) is 7.00. The third-order valence-corrected chi connectivity index (χ3v) is 4.21. The summed E-state index contributed by atoms with van der Waals surface area (Å²) in [5.74, 6) is 2.27. The lowest BCUT2D eigenvalue weighted by Gasteiger charge is -2.31. The van der Waals surface area contributed by atoms with E-state index in [2.05, 4.69) is 19.9 Å². The molecule has 0 aromatic carbocycles. The Morgan fingerprint density at radius 2 is 2.00 bits per heavy atom. The van der Waals surface area contributed by atoms with Gasteiger partial charge in [-0.1, -0.05) is 0 Å². The van der Waals surface area contributed by atoms with E-state index >= 15 is 0 Å². The average molecular weight is 268 g/mol. The van der Waals surface area contributed by atoms with Crippen LogP contribution in [0.5, 0.6) is 5.75 Å². The molecule has 5 nitrogen and oxygen atoms in total. The van der Waals surface area contributed by atoms with Gasteiger partial charge in [0.25, 0.3) is 0 Å². The SMILES string of the molecule is c1cnc(N2CC3CC2C[C@@H]3Oc2cccnc2)nc1. The van der Waals surface area contributed by atoms with E-state index < -0.39 is 0 Å². The van der Waals surface area contributed by atoms with Crippen molar-refractivity contribution in [2.45, 2.75) is 25.0 Å². The second kappa shape index (κ2) is 4.74. The second-order valence-electron chi connectivity index (χ2n) is 5.43. The number of piperidine rings is 1. The predicted octanol–water partition coefficient (Wildman–Crippen LogP) is 1.92. The van der Waals surface area contributed by atoms with Crippen LogP contribution in [0.25, 0.3) is 0 Å². The monoisotopic (exact) mass is 268 g/mol. The number of anilines is 1. The second-order valence-corrected chi connectivity index (χ2v) is 5.43. The Hall–Kier alpha value is -2.17. The Kier molecular flexibility index (Phi) is 2.76. The molecule has 2 fully saturated rings. The lowest BCUT2D eigenvalue weighted by Crippen LogP contribution is -2.40. The van der Waals surface area contributed by atoms with Gasteiger partial charge in [0.05, 0.1) is 6.20 Å². The summed E-state index contributed by atoms with van der Waals surface area (Å²) >= 11 is 0. The molecule has 1 saturated carbocycles. The molecule has 1 saturated heterocycles. The van der Waals surface area contributed by atoms with Crippen LogP contribution in [0.1, 0.15) is 12.8 Å². The van der Waals surface area contributed by atoms with E-state index in [0.717, 1.165) is 24.7 Å². The Bertz CT molecular complexity index is 577. The van der Waals surface area contributed by atoms with Gasteiger partial charge in [0.2, 0.25) is 5.95 Å². The van der Waals surface area contributed by atoms with Crippen molar-refractivity contribution in [2.24, 2.45) is 5.92 Å². The minimum absolute atomic E-state index is 0.296. The molecule has 2 bridgehead atoms. The van der Waals surface area contributed by atoms with Crippen molar-refractivity contribution in [3.8, 4) is 5.75 Å². The van der Waals surface area contributed by atoms with E-state index in [4.69, 9.17) is 4.74 Å². The van der Waals surface area contributed by atoms with Gasteiger partial charge >= 0.3 is 0 Å². The molecule has 0 amide bonds. The fourth-order valence-corrected chi connectivity index (χ4v) is 3.33. The summed E-state index contributed by atoms with van der Waals surface area (Å²) in [6, 6.07) is 6.24. The summed E-state index contributed by atoms with van der Waals surface area (Å²) in [6.45, 7) is 0.986. The van der Waals surface area contributed by atoms with Crippen LogP contribution in [0.15, 0.2) is 43.0 Å². The zero-order valence-corrected chi connectivity index (χ0v) is 11.1. The van der Waals surface area contributed by atoms with E-state index in [0.29, 0.717) is 18.1 Å². The lowest BCUT2D eigenvalue weighted by molar-refractivity contribution is 0.151. The number of pyridine rings is 1. The minimum Gasteiger partial charge on any atom is -0.488 e. The number of nitrogens with zero attached hydrogens (tertiary/aromatic N) is 4. The van der Waals surface area contributed by atoms with Gasteiger partial charge in [-0.2, -0.15) is 0 Å². The number of rotatable bonds is 3. The molecule has 3 heterocycles. The van der Waals surface area contributed by atoms with Gasteiger partial charge in [0, 0.05) is 43.5 Å². The molecular formula is C15H16N4O. The van der Waals surface area contributed by atoms with Crippen LogP contribution in [0.3, 0.4) is 0 Å². The highest BCUT2D eigenvalue weighted by Gasteiger charge is 2.46. The summed E-state index contributed by atoms with van der Waals surface area (Å²) in [4.78, 5) is 15.1. The smallest absolute Gasteiger partial charge is 0.225 e. The van der Waals surface area contributed by atoms with Gasteiger partial charge in [0.1, 0.15) is 11.9 Å². The molecule has 0 radical (unpaired) electrons. The van der Waals surface area contributed by atoms with Gasteiger partial charge in [0.15, 0.2) is 0 Å². The molecule has 0 spiro atoms. The van der Waals surface area contributed by atoms with Crippen molar-refractivity contribution in [1.29, 1.82) is 0 Å². The van der Waals surface area contributed by atoms with Gasteiger partial charge in [-0.25, -0.2) is 9.97 Å². The van der Waals surface area contributed by atoms with E-state index in [1.54, 1.807) is 24.8 Å². The van der Waals surface area contributed by atoms with Crippen molar-refractivity contribution in [3.05, 3.63) is 43.0 Å². The molecule has 5 heteroatoms. The van der Waals surface area contributed by atoms with Crippen molar-refractivity contribution >= 4 is 5.95 Å². The van der Waals surface area contributed by atoms with Crippen LogP contribution in [0, 0.1) is 5.92 Å². The van der Waals surface area contributed by atoms with Crippen LogP contribution in [0.2, 0.25) is 0 Å². The molecule has 2 unspecified atom stereocenters. The number of hydrogen-bond acceptors (Lipinski definition) is 5. The highest BCUT2D eigenvalue weighted by atomic mass is 16.5. The largest absolute Gasteiger partial charge is 0.488 e. The summed E-state index contributed by atoms with van der Waals surface area (Å²) in [5, 5.41) is 0. The third-order valence-electron chi connectivity index (χ3n) is 4.21. The molecule has 102 valence electrons. The normalized spacial score (nSPS) is 27.8. The molecule has 2 aromatic heterocycles. The fourth-order valence-electron chi connectivity index (χ4n) is 3.33. The van der Waals surface area contributed by atoms with Gasteiger partial charge in [-0.15, -0.1) is 0 Å². The van der Waals surface area contributed by atoms with Gasteiger partial charge in [-0.05, 0) is 24.6 Å². The van der Waals surface area contributed by atoms with E-state index in [1.807, 2.05) is 18.2 Å². The Morgan fingerprint density at radius 3 is 2.70 bits per heavy atom. The van der Waals surface area contributed by atoms with Crippen molar-refractivity contribution in [1.82, 2.24) is 15.0 Å². The first kappa shape index (κ1) is 11.6. The molecule has 1 aliphatic carbocycles. The maximum Gasteiger partial charge on any atom is 0.225 e. The summed E-state index contributed by atoms with van der Waals surface area (Å²) in [6.07, 6.45) is 9.66. The Labute approximate surface area is 117 Å². The third kappa shape index (κ3) is 1.99. The number of fused-ring (bicyclic) bond motifs is 2. The number of ether oxygens (including phenoxy) is 1. The van der Waals surface area contributed by atoms with E-state index in [9.17, 15) is 0 Å². The first-order valence-corrected chi connectivity index (χ1v) is 7.00. The highest BCUT2D eigenvalue weighted by molar-refractivity contribution is 5.35. The van der Waals surface area contributed by atoms with Crippen molar-refractivity contribution in [3.63, 3.8) is 0 Å². The molecule has 20 heavy (non-hydrogen) atoms. The quantitative estimate of drug-likeness (QED) is 0.851. The molecular weight excluding hydrogens is 252 g/mol. The summed E-state index contributed by atoms with van der Waals surface area (Å²) < 4.78 is 6.06. The average Bonchev–Trinajstić information content (AvgIpc) is 3.09. The molecule has 2 aliphatic rings. The maximum absolute atomic E-state index is 6.06. The summed E-state index contributed by atoms with van der Waals surface area (Å²) in [5.41, 5.74) is 0. The Morgan fingerprint density at radius 1 is 1.10 bits per heavy atom. The van der Waals surface area contributed by atoms with Crippen LogP contribution in [0.4, 0.5) is 5.95 Å². The predicted molar refractivity (Wildman–Crippen MR) is 74.5 cm³/mol. The molecule has 1 aliphatic heterocycles. The number of hydrogen-bond donors (Lipinski definition) is 0. The number of aromatic nitrogens is 3. The van der Waals surface area contributed by atoms with Gasteiger partial charge in [-0.3, -0.25) is 4.98 Å². The van der Waals surface area contributed by atoms with Crippen LogP contribution < -0.4 is 9.64 Å². The standard InChI is InChI=1S/C15H16N4O/c1-3-13(9-16-4-1)20-14-8-12-7-11(14)10-19(12)15-17-5-2-6-18-15/h1-6,9,11-12,14H,7-8,10H2/t11?,12?,14-/m0/s1. The molecule has 3 atom stereocenters. The van der Waals surface area contributed by atoms with Gasteiger partial charge < -0.3 is 9.64 Å². The first-order chi connectivity index (χ1) is 9.90. The maximum atomic E-state index is 6.06. The van der Waals surface area contributed by atoms with Crippen molar-refractivity contribution in [2.75, 3.05) is 11.4 Å². The summed E-state index contributed by atoms with van der Waals surface area (Å²) in [7, 11) is 0. The van der Waals surface area contributed by atoms with Crippen LogP contribution in [-0.2, 0) is 0 Å². The Balaban J connectivity index is 1.45.